The third-order valence-corrected chi connectivity index (χ3v) is 3.62. The monoisotopic (exact) mass is 251 g/mol. The van der Waals surface area contributed by atoms with Crippen LogP contribution in [0.1, 0.15) is 27.9 Å². The number of halogens is 1. The minimum atomic E-state index is 0.140. The largest absolute Gasteiger partial charge is 0.341 e. The van der Waals surface area contributed by atoms with Gasteiger partial charge in [-0.2, -0.15) is 0 Å². The predicted octanol–water partition coefficient (Wildman–Crippen LogP) is 2.87. The number of benzene rings is 1. The van der Waals surface area contributed by atoms with E-state index >= 15 is 0 Å². The van der Waals surface area contributed by atoms with Crippen LogP contribution in [0.3, 0.4) is 0 Å². The molecule has 92 valence electrons. The molecule has 1 aromatic carbocycles. The number of aryl methyl sites for hydroxylation is 1. The first kappa shape index (κ1) is 12.4. The maximum atomic E-state index is 12.2. The molecular formula is C14H18ClNO. The fraction of sp³-hybridized carbons (Fsp3) is 0.500. The second kappa shape index (κ2) is 5.09. The molecule has 0 saturated heterocycles. The second-order valence-electron chi connectivity index (χ2n) is 4.89. The first-order chi connectivity index (χ1) is 8.11. The Morgan fingerprint density at radius 3 is 2.94 bits per heavy atom. The molecule has 1 amide bonds. The van der Waals surface area contributed by atoms with Crippen LogP contribution in [0.15, 0.2) is 18.2 Å². The van der Waals surface area contributed by atoms with Gasteiger partial charge in [-0.05, 0) is 37.3 Å². The van der Waals surface area contributed by atoms with Crippen LogP contribution in [0.4, 0.5) is 0 Å². The lowest BCUT2D eigenvalue weighted by Gasteiger charge is -2.19. The number of alkyl halides is 1. The standard InChI is InChI=1S/C14H18ClNO/c1-10-3-4-12-8-11(5-6-15)9-16(2)14(17)13(12)7-10/h3-4,7,11H,5-6,8-9H2,1-2H3. The van der Waals surface area contributed by atoms with Gasteiger partial charge in [0.1, 0.15) is 0 Å². The van der Waals surface area contributed by atoms with Crippen molar-refractivity contribution in [3.8, 4) is 0 Å². The average Bonchev–Trinajstić information content (AvgIpc) is 2.40. The molecular weight excluding hydrogens is 234 g/mol. The number of hydrogen-bond donors (Lipinski definition) is 0. The van der Waals surface area contributed by atoms with Gasteiger partial charge in [0.25, 0.3) is 5.91 Å². The fourth-order valence-corrected chi connectivity index (χ4v) is 2.78. The van der Waals surface area contributed by atoms with Crippen molar-refractivity contribution in [2.45, 2.75) is 19.8 Å². The Labute approximate surface area is 108 Å². The lowest BCUT2D eigenvalue weighted by Crippen LogP contribution is -2.30. The molecule has 0 N–H and O–H groups in total. The zero-order valence-corrected chi connectivity index (χ0v) is 11.1. The van der Waals surface area contributed by atoms with Gasteiger partial charge >= 0.3 is 0 Å². The smallest absolute Gasteiger partial charge is 0.253 e. The summed E-state index contributed by atoms with van der Waals surface area (Å²) in [6, 6.07) is 6.16. The van der Waals surface area contributed by atoms with E-state index in [-0.39, 0.29) is 5.91 Å². The molecule has 0 fully saturated rings. The molecule has 1 atom stereocenters. The summed E-state index contributed by atoms with van der Waals surface area (Å²) in [6.45, 7) is 2.83. The number of hydrogen-bond acceptors (Lipinski definition) is 1. The second-order valence-corrected chi connectivity index (χ2v) is 5.27. The summed E-state index contributed by atoms with van der Waals surface area (Å²) in [4.78, 5) is 14.1. The van der Waals surface area contributed by atoms with E-state index in [0.29, 0.717) is 11.8 Å². The van der Waals surface area contributed by atoms with Crippen molar-refractivity contribution >= 4 is 17.5 Å². The van der Waals surface area contributed by atoms with Crippen molar-refractivity contribution in [1.82, 2.24) is 4.90 Å². The Balaban J connectivity index is 2.37. The summed E-state index contributed by atoms with van der Waals surface area (Å²) in [6.07, 6.45) is 1.92. The fourth-order valence-electron chi connectivity index (χ4n) is 2.47. The van der Waals surface area contributed by atoms with Gasteiger partial charge in [-0.15, -0.1) is 11.6 Å². The molecule has 0 saturated carbocycles. The summed E-state index contributed by atoms with van der Waals surface area (Å²) >= 11 is 5.82. The van der Waals surface area contributed by atoms with E-state index < -0.39 is 0 Å². The van der Waals surface area contributed by atoms with E-state index in [4.69, 9.17) is 11.6 Å². The van der Waals surface area contributed by atoms with Gasteiger partial charge in [0.2, 0.25) is 0 Å². The molecule has 0 spiro atoms. The molecule has 1 aromatic rings. The molecule has 1 heterocycles. The third-order valence-electron chi connectivity index (χ3n) is 3.40. The van der Waals surface area contributed by atoms with Gasteiger partial charge in [0.15, 0.2) is 0 Å². The topological polar surface area (TPSA) is 20.3 Å². The average molecular weight is 252 g/mol. The zero-order chi connectivity index (χ0) is 12.4. The maximum absolute atomic E-state index is 12.2. The maximum Gasteiger partial charge on any atom is 0.253 e. The van der Waals surface area contributed by atoms with Crippen molar-refractivity contribution in [1.29, 1.82) is 0 Å². The first-order valence-corrected chi connectivity index (χ1v) is 6.56. The van der Waals surface area contributed by atoms with Gasteiger partial charge in [-0.25, -0.2) is 0 Å². The number of rotatable bonds is 2. The molecule has 0 aromatic heterocycles. The van der Waals surface area contributed by atoms with Crippen LogP contribution < -0.4 is 0 Å². The SMILES string of the molecule is Cc1ccc2c(c1)C(=O)N(C)CC(CCCl)C2. The van der Waals surface area contributed by atoms with E-state index in [1.165, 1.54) is 5.56 Å². The molecule has 3 heteroatoms. The highest BCUT2D eigenvalue weighted by atomic mass is 35.5. The molecule has 2 rings (SSSR count). The molecule has 2 nitrogen and oxygen atoms in total. The summed E-state index contributed by atoms with van der Waals surface area (Å²) in [7, 11) is 1.88. The van der Waals surface area contributed by atoms with Crippen LogP contribution in [0, 0.1) is 12.8 Å². The van der Waals surface area contributed by atoms with E-state index in [0.717, 1.165) is 30.5 Å². The summed E-state index contributed by atoms with van der Waals surface area (Å²) in [5.41, 5.74) is 3.17. The molecule has 17 heavy (non-hydrogen) atoms. The highest BCUT2D eigenvalue weighted by molar-refractivity contribution is 6.17. The Kier molecular flexibility index (Phi) is 3.72. The van der Waals surface area contributed by atoms with E-state index in [2.05, 4.69) is 12.1 Å². The first-order valence-electron chi connectivity index (χ1n) is 6.02. The van der Waals surface area contributed by atoms with Gasteiger partial charge in [0, 0.05) is 25.0 Å². The molecule has 0 aliphatic carbocycles. The van der Waals surface area contributed by atoms with Gasteiger partial charge < -0.3 is 4.90 Å². The van der Waals surface area contributed by atoms with E-state index in [9.17, 15) is 4.79 Å². The number of nitrogens with zero attached hydrogens (tertiary/aromatic N) is 1. The predicted molar refractivity (Wildman–Crippen MR) is 70.7 cm³/mol. The van der Waals surface area contributed by atoms with Gasteiger partial charge in [0.05, 0.1) is 0 Å². The van der Waals surface area contributed by atoms with Crippen molar-refractivity contribution in [3.05, 3.63) is 34.9 Å². The van der Waals surface area contributed by atoms with Crippen molar-refractivity contribution in [2.24, 2.45) is 5.92 Å². The van der Waals surface area contributed by atoms with Crippen LogP contribution in [-0.4, -0.2) is 30.3 Å². The molecule has 1 aliphatic rings. The molecule has 0 bridgehead atoms. The Morgan fingerprint density at radius 1 is 1.47 bits per heavy atom. The normalized spacial score (nSPS) is 20.1. The number of carbonyl (C=O) groups is 1. The highest BCUT2D eigenvalue weighted by Crippen LogP contribution is 2.24. The number of carbonyl (C=O) groups excluding carboxylic acids is 1. The molecule has 0 radical (unpaired) electrons. The van der Waals surface area contributed by atoms with Crippen LogP contribution in [-0.2, 0) is 6.42 Å². The summed E-state index contributed by atoms with van der Waals surface area (Å²) in [5.74, 6) is 1.28. The Hall–Kier alpha value is -1.02. The van der Waals surface area contributed by atoms with Crippen LogP contribution >= 0.6 is 11.6 Å². The van der Waals surface area contributed by atoms with Crippen LogP contribution in [0.5, 0.6) is 0 Å². The van der Waals surface area contributed by atoms with Crippen molar-refractivity contribution in [3.63, 3.8) is 0 Å². The Bertz CT molecular complexity index is 430. The van der Waals surface area contributed by atoms with E-state index in [1.807, 2.05) is 24.9 Å². The van der Waals surface area contributed by atoms with Gasteiger partial charge in [-0.1, -0.05) is 17.7 Å². The number of amides is 1. The number of fused-ring (bicyclic) bond motifs is 1. The van der Waals surface area contributed by atoms with E-state index in [1.54, 1.807) is 0 Å². The zero-order valence-electron chi connectivity index (χ0n) is 10.4. The van der Waals surface area contributed by atoms with Gasteiger partial charge in [-0.3, -0.25) is 4.79 Å². The third kappa shape index (κ3) is 2.63. The lowest BCUT2D eigenvalue weighted by molar-refractivity contribution is 0.0782. The van der Waals surface area contributed by atoms with Crippen molar-refractivity contribution < 1.29 is 4.79 Å². The quantitative estimate of drug-likeness (QED) is 0.741. The Morgan fingerprint density at radius 2 is 2.24 bits per heavy atom. The summed E-state index contributed by atoms with van der Waals surface area (Å²) < 4.78 is 0. The molecule has 1 unspecified atom stereocenters. The minimum Gasteiger partial charge on any atom is -0.341 e. The van der Waals surface area contributed by atoms with Crippen LogP contribution in [0.25, 0.3) is 0 Å². The summed E-state index contributed by atoms with van der Waals surface area (Å²) in [5, 5.41) is 0. The minimum absolute atomic E-state index is 0.140. The van der Waals surface area contributed by atoms with Crippen LogP contribution in [0.2, 0.25) is 0 Å². The van der Waals surface area contributed by atoms with Crippen molar-refractivity contribution in [2.75, 3.05) is 19.5 Å². The highest BCUT2D eigenvalue weighted by Gasteiger charge is 2.24. The lowest BCUT2D eigenvalue weighted by atomic mass is 9.94. The molecule has 1 aliphatic heterocycles.